The lowest BCUT2D eigenvalue weighted by Gasteiger charge is -2.31. The molecule has 0 saturated carbocycles. The number of piperidine rings is 1. The topological polar surface area (TPSA) is 97.0 Å². The molecule has 1 aromatic rings. The number of hydrogen-bond acceptors (Lipinski definition) is 5. The van der Waals surface area contributed by atoms with Crippen LogP contribution in [0.15, 0.2) is 24.3 Å². The summed E-state index contributed by atoms with van der Waals surface area (Å²) in [6.07, 6.45) is 0.662. The van der Waals surface area contributed by atoms with Crippen LogP contribution in [0, 0.1) is 5.92 Å². The Hall–Kier alpha value is -2.77. The summed E-state index contributed by atoms with van der Waals surface area (Å²) in [7, 11) is 0. The number of ether oxygens (including phenoxy) is 2. The lowest BCUT2D eigenvalue weighted by atomic mass is 9.97. The summed E-state index contributed by atoms with van der Waals surface area (Å²) in [5.41, 5.74) is 4.81. The van der Waals surface area contributed by atoms with Gasteiger partial charge >= 0.3 is 0 Å². The highest BCUT2D eigenvalue weighted by Gasteiger charge is 2.27. The van der Waals surface area contributed by atoms with Crippen molar-refractivity contribution in [3.05, 3.63) is 24.3 Å². The van der Waals surface area contributed by atoms with Gasteiger partial charge in [0.25, 0.3) is 5.91 Å². The van der Waals surface area contributed by atoms with Crippen molar-refractivity contribution >= 4 is 17.7 Å². The summed E-state index contributed by atoms with van der Waals surface area (Å²) in [6, 6.07) is 6.95. The summed E-state index contributed by atoms with van der Waals surface area (Å²) >= 11 is 0. The second kappa shape index (κ2) is 9.80. The number of hydrogen-bond donors (Lipinski definition) is 2. The van der Waals surface area contributed by atoms with E-state index in [0.717, 1.165) is 12.2 Å². The van der Waals surface area contributed by atoms with Crippen molar-refractivity contribution in [2.24, 2.45) is 5.92 Å². The number of amides is 3. The second-order valence-corrected chi connectivity index (χ2v) is 6.45. The highest BCUT2D eigenvalue weighted by Crippen LogP contribution is 2.19. The minimum absolute atomic E-state index is 0.0473. The average Bonchev–Trinajstić information content (AvgIpc) is 2.67. The monoisotopic (exact) mass is 377 g/mol. The van der Waals surface area contributed by atoms with Crippen LogP contribution in [0.4, 0.5) is 0 Å². The zero-order chi connectivity index (χ0) is 19.8. The van der Waals surface area contributed by atoms with E-state index in [9.17, 15) is 14.4 Å². The van der Waals surface area contributed by atoms with Crippen molar-refractivity contribution in [3.8, 4) is 11.5 Å². The maximum absolute atomic E-state index is 12.2. The van der Waals surface area contributed by atoms with Crippen LogP contribution in [0.25, 0.3) is 0 Å². The van der Waals surface area contributed by atoms with Crippen molar-refractivity contribution in [2.45, 2.75) is 39.7 Å². The molecule has 8 heteroatoms. The van der Waals surface area contributed by atoms with Crippen LogP contribution in [0.5, 0.6) is 11.5 Å². The molecule has 0 radical (unpaired) electrons. The van der Waals surface area contributed by atoms with Gasteiger partial charge < -0.3 is 14.4 Å². The smallest absolute Gasteiger partial charge is 0.279 e. The van der Waals surface area contributed by atoms with Gasteiger partial charge in [-0.3, -0.25) is 25.2 Å². The molecule has 1 aromatic carbocycles. The zero-order valence-electron chi connectivity index (χ0n) is 16.0. The highest BCUT2D eigenvalue weighted by atomic mass is 16.5. The average molecular weight is 377 g/mol. The van der Waals surface area contributed by atoms with Crippen LogP contribution in [-0.2, 0) is 14.4 Å². The lowest BCUT2D eigenvalue weighted by molar-refractivity contribution is -0.137. The first-order chi connectivity index (χ1) is 12.9. The molecule has 1 saturated heterocycles. The van der Waals surface area contributed by atoms with Crippen LogP contribution in [0.2, 0.25) is 0 Å². The molecule has 2 atom stereocenters. The minimum atomic E-state index is -0.789. The number of nitrogens with zero attached hydrogens (tertiary/aromatic N) is 1. The van der Waals surface area contributed by atoms with Crippen LogP contribution >= 0.6 is 0 Å². The minimum Gasteiger partial charge on any atom is -0.494 e. The van der Waals surface area contributed by atoms with Crippen LogP contribution in [0.3, 0.4) is 0 Å². The van der Waals surface area contributed by atoms with Crippen molar-refractivity contribution in [2.75, 3.05) is 19.7 Å². The molecule has 27 heavy (non-hydrogen) atoms. The Kier molecular flexibility index (Phi) is 7.45. The van der Waals surface area contributed by atoms with Crippen molar-refractivity contribution in [1.82, 2.24) is 15.8 Å². The van der Waals surface area contributed by atoms with Crippen molar-refractivity contribution in [1.29, 1.82) is 0 Å². The molecular formula is C19H27N3O5. The van der Waals surface area contributed by atoms with Gasteiger partial charge in [0.2, 0.25) is 11.8 Å². The maximum Gasteiger partial charge on any atom is 0.279 e. The van der Waals surface area contributed by atoms with Crippen LogP contribution < -0.4 is 20.3 Å². The van der Waals surface area contributed by atoms with Gasteiger partial charge in [0.05, 0.1) is 12.5 Å². The first-order valence-corrected chi connectivity index (χ1v) is 9.15. The fourth-order valence-corrected chi connectivity index (χ4v) is 2.84. The molecule has 1 aliphatic rings. The number of carbonyl (C=O) groups is 3. The first kappa shape index (κ1) is 20.5. The molecule has 0 bridgehead atoms. The second-order valence-electron chi connectivity index (χ2n) is 6.45. The molecule has 148 valence electrons. The molecule has 0 unspecified atom stereocenters. The first-order valence-electron chi connectivity index (χ1n) is 9.15. The van der Waals surface area contributed by atoms with Crippen LogP contribution in [-0.4, -0.2) is 48.4 Å². The van der Waals surface area contributed by atoms with Gasteiger partial charge in [-0.2, -0.15) is 0 Å². The summed E-state index contributed by atoms with van der Waals surface area (Å²) in [6.45, 7) is 6.59. The summed E-state index contributed by atoms with van der Waals surface area (Å²) in [5, 5.41) is 0. The standard InChI is InChI=1S/C19H27N3O5/c1-4-26-16-7-9-17(10-8-16)27-13(2)18(24)20-21-19(25)15-6-5-11-22(12-15)14(3)23/h7-10,13,15H,4-6,11-12H2,1-3H3,(H,20,24)(H,21,25)/t13-,15-/m0/s1. The number of carbonyl (C=O) groups excluding carboxylic acids is 3. The van der Waals surface area contributed by atoms with Gasteiger partial charge in [0.1, 0.15) is 11.5 Å². The normalized spacial score (nSPS) is 17.6. The third-order valence-electron chi connectivity index (χ3n) is 4.36. The van der Waals surface area contributed by atoms with E-state index >= 15 is 0 Å². The molecule has 1 aliphatic heterocycles. The Bertz CT molecular complexity index is 662. The predicted octanol–water partition coefficient (Wildman–Crippen LogP) is 1.26. The number of likely N-dealkylation sites (tertiary alicyclic amines) is 1. The van der Waals surface area contributed by atoms with E-state index < -0.39 is 12.0 Å². The molecule has 1 heterocycles. The summed E-state index contributed by atoms with van der Waals surface area (Å²) in [5.74, 6) is 0.108. The molecule has 0 aliphatic carbocycles. The Morgan fingerprint density at radius 3 is 2.48 bits per heavy atom. The number of rotatable bonds is 6. The van der Waals surface area contributed by atoms with E-state index in [1.807, 2.05) is 6.92 Å². The van der Waals surface area contributed by atoms with Gasteiger partial charge in [0.15, 0.2) is 6.10 Å². The molecule has 2 N–H and O–H groups in total. The molecule has 0 spiro atoms. The third kappa shape index (κ3) is 6.16. The van der Waals surface area contributed by atoms with E-state index in [-0.39, 0.29) is 17.7 Å². The highest BCUT2D eigenvalue weighted by molar-refractivity contribution is 5.86. The molecule has 8 nitrogen and oxygen atoms in total. The fraction of sp³-hybridized carbons (Fsp3) is 0.526. The van der Waals surface area contributed by atoms with Gasteiger partial charge in [-0.25, -0.2) is 0 Å². The maximum atomic E-state index is 12.2. The summed E-state index contributed by atoms with van der Waals surface area (Å²) in [4.78, 5) is 37.5. The van der Waals surface area contributed by atoms with Gasteiger partial charge in [-0.05, 0) is 51.0 Å². The quantitative estimate of drug-likeness (QED) is 0.728. The molecule has 0 aromatic heterocycles. The van der Waals surface area contributed by atoms with E-state index in [2.05, 4.69) is 10.9 Å². The Morgan fingerprint density at radius 1 is 1.19 bits per heavy atom. The van der Waals surface area contributed by atoms with Crippen molar-refractivity contribution < 1.29 is 23.9 Å². The number of hydrazine groups is 1. The van der Waals surface area contributed by atoms with Gasteiger partial charge in [0, 0.05) is 20.0 Å². The molecule has 2 rings (SSSR count). The van der Waals surface area contributed by atoms with E-state index in [1.54, 1.807) is 36.1 Å². The van der Waals surface area contributed by atoms with Crippen molar-refractivity contribution in [3.63, 3.8) is 0 Å². The Labute approximate surface area is 159 Å². The molecular weight excluding hydrogens is 350 g/mol. The Balaban J connectivity index is 1.78. The van der Waals surface area contributed by atoms with Crippen LogP contribution in [0.1, 0.15) is 33.6 Å². The van der Waals surface area contributed by atoms with Gasteiger partial charge in [-0.1, -0.05) is 0 Å². The SMILES string of the molecule is CCOc1ccc(O[C@@H](C)C(=O)NNC(=O)[C@H]2CCCN(C(C)=O)C2)cc1. The van der Waals surface area contributed by atoms with E-state index in [0.29, 0.717) is 31.9 Å². The summed E-state index contributed by atoms with van der Waals surface area (Å²) < 4.78 is 10.9. The number of nitrogens with one attached hydrogen (secondary N) is 2. The molecule has 3 amide bonds. The largest absolute Gasteiger partial charge is 0.494 e. The predicted molar refractivity (Wildman–Crippen MR) is 99.0 cm³/mol. The third-order valence-corrected chi connectivity index (χ3v) is 4.36. The fourth-order valence-electron chi connectivity index (χ4n) is 2.84. The molecule has 1 fully saturated rings. The lowest BCUT2D eigenvalue weighted by Crippen LogP contribution is -2.52. The number of benzene rings is 1. The van der Waals surface area contributed by atoms with E-state index in [4.69, 9.17) is 9.47 Å². The van der Waals surface area contributed by atoms with E-state index in [1.165, 1.54) is 6.92 Å². The zero-order valence-corrected chi connectivity index (χ0v) is 16.0. The Morgan fingerprint density at radius 2 is 1.85 bits per heavy atom. The van der Waals surface area contributed by atoms with Gasteiger partial charge in [-0.15, -0.1) is 0 Å².